The molecular formula is C19H20N2OS. The average Bonchev–Trinajstić information content (AvgIpc) is 2.87. The van der Waals surface area contributed by atoms with Crippen LogP contribution in [0.5, 0.6) is 0 Å². The zero-order valence-electron chi connectivity index (χ0n) is 13.7. The summed E-state index contributed by atoms with van der Waals surface area (Å²) in [5, 5.41) is 3.59. The van der Waals surface area contributed by atoms with E-state index in [0.29, 0.717) is 6.42 Å². The molecule has 0 saturated heterocycles. The number of thiazole rings is 1. The van der Waals surface area contributed by atoms with Crippen molar-refractivity contribution in [3.63, 3.8) is 0 Å². The number of hydrogen-bond donors (Lipinski definition) is 0. The minimum absolute atomic E-state index is 0.119. The van der Waals surface area contributed by atoms with E-state index in [1.54, 1.807) is 30.3 Å². The molecule has 0 spiro atoms. The van der Waals surface area contributed by atoms with E-state index in [0.717, 1.165) is 22.0 Å². The van der Waals surface area contributed by atoms with Gasteiger partial charge in [-0.1, -0.05) is 42.5 Å². The monoisotopic (exact) mass is 324 g/mol. The first kappa shape index (κ1) is 15.7. The number of likely N-dealkylation sites (N-methyl/N-ethyl adjacent to an activating group) is 1. The first-order valence-corrected chi connectivity index (χ1v) is 8.48. The Hall–Kier alpha value is -2.20. The van der Waals surface area contributed by atoms with Gasteiger partial charge in [-0.05, 0) is 23.3 Å². The van der Waals surface area contributed by atoms with Gasteiger partial charge >= 0.3 is 0 Å². The molecule has 4 heteroatoms. The fourth-order valence-corrected chi connectivity index (χ4v) is 3.72. The molecule has 0 saturated carbocycles. The molecule has 0 aliphatic carbocycles. The van der Waals surface area contributed by atoms with Crippen LogP contribution in [0, 0.1) is 6.92 Å². The van der Waals surface area contributed by atoms with E-state index in [9.17, 15) is 4.79 Å². The summed E-state index contributed by atoms with van der Waals surface area (Å²) >= 11 is 1.65. The largest absolute Gasteiger partial charge is 0.349 e. The fraction of sp³-hybridized carbons (Fsp3) is 0.263. The van der Waals surface area contributed by atoms with Crippen LogP contribution in [-0.2, 0) is 17.6 Å². The lowest BCUT2D eigenvalue weighted by Crippen LogP contribution is -2.23. The van der Waals surface area contributed by atoms with Gasteiger partial charge in [-0.3, -0.25) is 4.79 Å². The summed E-state index contributed by atoms with van der Waals surface area (Å²) < 4.78 is 0. The van der Waals surface area contributed by atoms with Crippen molar-refractivity contribution in [2.45, 2.75) is 19.8 Å². The molecule has 0 radical (unpaired) electrons. The van der Waals surface area contributed by atoms with Crippen molar-refractivity contribution in [1.29, 1.82) is 0 Å². The van der Waals surface area contributed by atoms with Crippen molar-refractivity contribution in [2.24, 2.45) is 0 Å². The summed E-state index contributed by atoms with van der Waals surface area (Å²) in [5.41, 5.74) is 2.25. The summed E-state index contributed by atoms with van der Waals surface area (Å²) in [7, 11) is 3.57. The van der Waals surface area contributed by atoms with Crippen LogP contribution in [0.2, 0.25) is 0 Å². The van der Waals surface area contributed by atoms with E-state index in [1.807, 2.05) is 6.92 Å². The van der Waals surface area contributed by atoms with Crippen LogP contribution in [0.15, 0.2) is 42.5 Å². The molecular weight excluding hydrogens is 304 g/mol. The second kappa shape index (κ2) is 6.50. The third-order valence-corrected chi connectivity index (χ3v) is 5.13. The molecule has 0 bridgehead atoms. The maximum Gasteiger partial charge on any atom is 0.227 e. The van der Waals surface area contributed by atoms with Crippen molar-refractivity contribution in [3.8, 4) is 0 Å². The number of aromatic nitrogens is 1. The van der Waals surface area contributed by atoms with E-state index in [-0.39, 0.29) is 5.91 Å². The van der Waals surface area contributed by atoms with Gasteiger partial charge < -0.3 is 4.90 Å². The lowest BCUT2D eigenvalue weighted by Gasteiger charge is -2.08. The Morgan fingerprint density at radius 3 is 2.65 bits per heavy atom. The molecule has 3 nitrogen and oxygen atoms in total. The highest BCUT2D eigenvalue weighted by Crippen LogP contribution is 2.25. The van der Waals surface area contributed by atoms with Crippen molar-refractivity contribution in [3.05, 3.63) is 63.6 Å². The highest BCUT2D eigenvalue weighted by atomic mass is 32.1. The minimum atomic E-state index is 0.119. The second-order valence-corrected chi connectivity index (χ2v) is 7.06. The molecule has 1 amide bonds. The zero-order valence-corrected chi connectivity index (χ0v) is 14.5. The zero-order chi connectivity index (χ0) is 16.4. The van der Waals surface area contributed by atoms with Gasteiger partial charge in [-0.2, -0.15) is 0 Å². The predicted octanol–water partition coefficient (Wildman–Crippen LogP) is 3.83. The van der Waals surface area contributed by atoms with E-state index < -0.39 is 0 Å². The maximum absolute atomic E-state index is 11.9. The molecule has 0 aliphatic heterocycles. The Kier molecular flexibility index (Phi) is 4.44. The predicted molar refractivity (Wildman–Crippen MR) is 96.0 cm³/mol. The van der Waals surface area contributed by atoms with Crippen LogP contribution in [0.3, 0.4) is 0 Å². The number of rotatable bonds is 4. The number of hydrogen-bond acceptors (Lipinski definition) is 3. The molecule has 0 N–H and O–H groups in total. The Bertz CT molecular complexity index is 846. The van der Waals surface area contributed by atoms with Gasteiger partial charge in [0.1, 0.15) is 0 Å². The SMILES string of the molecule is Cc1nc(Cc2cccc3ccccc23)sc1CC(=O)N(C)C. The Labute approximate surface area is 140 Å². The number of nitrogens with zero attached hydrogens (tertiary/aromatic N) is 2. The summed E-state index contributed by atoms with van der Waals surface area (Å²) in [6.07, 6.45) is 1.25. The normalized spacial score (nSPS) is 10.9. The molecule has 23 heavy (non-hydrogen) atoms. The fourth-order valence-electron chi connectivity index (χ4n) is 2.63. The van der Waals surface area contributed by atoms with Gasteiger partial charge in [0.15, 0.2) is 0 Å². The van der Waals surface area contributed by atoms with Crippen molar-refractivity contribution in [2.75, 3.05) is 14.1 Å². The minimum Gasteiger partial charge on any atom is -0.349 e. The molecule has 0 fully saturated rings. The molecule has 0 atom stereocenters. The third-order valence-electron chi connectivity index (χ3n) is 3.97. The van der Waals surface area contributed by atoms with Crippen LogP contribution in [0.25, 0.3) is 10.8 Å². The van der Waals surface area contributed by atoms with Gasteiger partial charge in [0.25, 0.3) is 0 Å². The lowest BCUT2D eigenvalue weighted by atomic mass is 10.0. The van der Waals surface area contributed by atoms with Crippen LogP contribution < -0.4 is 0 Å². The quantitative estimate of drug-likeness (QED) is 0.731. The van der Waals surface area contributed by atoms with Crippen LogP contribution >= 0.6 is 11.3 Å². The Morgan fingerprint density at radius 2 is 1.87 bits per heavy atom. The highest BCUT2D eigenvalue weighted by molar-refractivity contribution is 7.11. The first-order chi connectivity index (χ1) is 11.0. The molecule has 3 rings (SSSR count). The van der Waals surface area contributed by atoms with Gasteiger partial charge in [0, 0.05) is 25.4 Å². The van der Waals surface area contributed by atoms with Gasteiger partial charge in [0.05, 0.1) is 17.1 Å². The molecule has 1 heterocycles. The molecule has 0 aliphatic rings. The summed E-state index contributed by atoms with van der Waals surface area (Å²) in [4.78, 5) is 19.3. The topological polar surface area (TPSA) is 33.2 Å². The third kappa shape index (κ3) is 3.42. The molecule has 3 aromatic rings. The Balaban J connectivity index is 1.87. The summed E-state index contributed by atoms with van der Waals surface area (Å²) in [5.74, 6) is 0.119. The number of aryl methyl sites for hydroxylation is 1. The van der Waals surface area contributed by atoms with E-state index >= 15 is 0 Å². The van der Waals surface area contributed by atoms with Crippen molar-refractivity contribution < 1.29 is 4.79 Å². The number of carbonyl (C=O) groups is 1. The van der Waals surface area contributed by atoms with Crippen molar-refractivity contribution >= 4 is 28.0 Å². The molecule has 1 aromatic heterocycles. The maximum atomic E-state index is 11.9. The Morgan fingerprint density at radius 1 is 1.13 bits per heavy atom. The van der Waals surface area contributed by atoms with Gasteiger partial charge in [-0.15, -0.1) is 11.3 Å². The van der Waals surface area contributed by atoms with Crippen molar-refractivity contribution in [1.82, 2.24) is 9.88 Å². The first-order valence-electron chi connectivity index (χ1n) is 7.66. The van der Waals surface area contributed by atoms with E-state index in [4.69, 9.17) is 0 Å². The highest BCUT2D eigenvalue weighted by Gasteiger charge is 2.14. The van der Waals surface area contributed by atoms with E-state index in [2.05, 4.69) is 47.4 Å². The second-order valence-electron chi connectivity index (χ2n) is 5.90. The molecule has 118 valence electrons. The molecule has 2 aromatic carbocycles. The van der Waals surface area contributed by atoms with Crippen LogP contribution in [0.1, 0.15) is 21.1 Å². The standard InChI is InChI=1S/C19H20N2OS/c1-13-17(12-19(22)21(2)3)23-18(20-13)11-15-9-6-8-14-7-4-5-10-16(14)15/h4-10H,11-12H2,1-3H3. The molecule has 0 unspecified atom stereocenters. The number of amides is 1. The smallest absolute Gasteiger partial charge is 0.227 e. The number of fused-ring (bicyclic) bond motifs is 1. The van der Waals surface area contributed by atoms with Crippen LogP contribution in [-0.4, -0.2) is 29.9 Å². The lowest BCUT2D eigenvalue weighted by molar-refractivity contribution is -0.127. The van der Waals surface area contributed by atoms with Gasteiger partial charge in [0.2, 0.25) is 5.91 Å². The summed E-state index contributed by atoms with van der Waals surface area (Å²) in [6, 6.07) is 14.8. The van der Waals surface area contributed by atoms with E-state index in [1.165, 1.54) is 16.3 Å². The van der Waals surface area contributed by atoms with Gasteiger partial charge in [-0.25, -0.2) is 4.98 Å². The average molecular weight is 324 g/mol. The number of benzene rings is 2. The number of carbonyl (C=O) groups excluding carboxylic acids is 1. The summed E-state index contributed by atoms with van der Waals surface area (Å²) in [6.45, 7) is 1.99. The van der Waals surface area contributed by atoms with Crippen LogP contribution in [0.4, 0.5) is 0 Å².